The van der Waals surface area contributed by atoms with E-state index in [1.807, 2.05) is 24.5 Å². The molecule has 0 aromatic carbocycles. The largest absolute Gasteiger partial charge is 0.481 e. The van der Waals surface area contributed by atoms with Gasteiger partial charge < -0.3 is 10.1 Å². The molecule has 2 heterocycles. The van der Waals surface area contributed by atoms with Crippen LogP contribution in [-0.2, 0) is 6.54 Å². The summed E-state index contributed by atoms with van der Waals surface area (Å²) in [5.41, 5.74) is 0.990. The molecular formula is C12H14N4OS. The van der Waals surface area contributed by atoms with Crippen LogP contribution in [0, 0.1) is 0 Å². The number of hydrogen-bond acceptors (Lipinski definition) is 6. The lowest BCUT2D eigenvalue weighted by Crippen LogP contribution is -2.04. The van der Waals surface area contributed by atoms with E-state index in [1.165, 1.54) is 0 Å². The van der Waals surface area contributed by atoms with Crippen LogP contribution in [0.5, 0.6) is 5.88 Å². The van der Waals surface area contributed by atoms with Gasteiger partial charge in [0, 0.05) is 24.4 Å². The van der Waals surface area contributed by atoms with E-state index in [0.29, 0.717) is 12.4 Å². The normalized spacial score (nSPS) is 10.1. The van der Waals surface area contributed by atoms with Gasteiger partial charge in [0.05, 0.1) is 7.11 Å². The summed E-state index contributed by atoms with van der Waals surface area (Å²) in [5, 5.41) is 4.16. The van der Waals surface area contributed by atoms with Crippen molar-refractivity contribution in [3.8, 4) is 5.88 Å². The standard InChI is InChI=1S/C12H14N4OS/c1-17-12-9(4-3-5-13-12)7-14-10-6-11(18-2)16-8-15-10/h3-6,8H,7H2,1-2H3,(H,14,15,16). The summed E-state index contributed by atoms with van der Waals surface area (Å²) >= 11 is 1.58. The van der Waals surface area contributed by atoms with Crippen LogP contribution >= 0.6 is 11.8 Å². The van der Waals surface area contributed by atoms with Crippen LogP contribution in [0.3, 0.4) is 0 Å². The maximum absolute atomic E-state index is 5.19. The third-order valence-corrected chi connectivity index (χ3v) is 3.00. The highest BCUT2D eigenvalue weighted by atomic mass is 32.2. The van der Waals surface area contributed by atoms with Crippen molar-refractivity contribution in [1.82, 2.24) is 15.0 Å². The van der Waals surface area contributed by atoms with Crippen molar-refractivity contribution >= 4 is 17.6 Å². The van der Waals surface area contributed by atoms with Gasteiger partial charge in [0.15, 0.2) is 0 Å². The van der Waals surface area contributed by atoms with Crippen molar-refractivity contribution in [2.24, 2.45) is 0 Å². The number of hydrogen-bond donors (Lipinski definition) is 1. The average Bonchev–Trinajstić information content (AvgIpc) is 2.45. The van der Waals surface area contributed by atoms with Crippen LogP contribution in [0.15, 0.2) is 35.7 Å². The fourth-order valence-corrected chi connectivity index (χ4v) is 1.86. The number of ether oxygens (including phenoxy) is 1. The Labute approximate surface area is 110 Å². The molecular weight excluding hydrogens is 248 g/mol. The summed E-state index contributed by atoms with van der Waals surface area (Å²) in [6, 6.07) is 5.76. The molecule has 0 saturated heterocycles. The number of thioether (sulfide) groups is 1. The van der Waals surface area contributed by atoms with Gasteiger partial charge in [0.2, 0.25) is 5.88 Å². The van der Waals surface area contributed by atoms with E-state index >= 15 is 0 Å². The molecule has 0 atom stereocenters. The van der Waals surface area contributed by atoms with Gasteiger partial charge in [-0.3, -0.25) is 0 Å². The van der Waals surface area contributed by atoms with Crippen molar-refractivity contribution in [1.29, 1.82) is 0 Å². The fourth-order valence-electron chi connectivity index (χ4n) is 1.48. The number of methoxy groups -OCH3 is 1. The molecule has 0 radical (unpaired) electrons. The van der Waals surface area contributed by atoms with Crippen LogP contribution in [-0.4, -0.2) is 28.3 Å². The fraction of sp³-hybridized carbons (Fsp3) is 0.250. The SMILES string of the molecule is COc1ncccc1CNc1cc(SC)ncn1. The highest BCUT2D eigenvalue weighted by Crippen LogP contribution is 2.17. The molecule has 18 heavy (non-hydrogen) atoms. The Morgan fingerprint density at radius 2 is 2.22 bits per heavy atom. The Kier molecular flexibility index (Phi) is 4.35. The molecule has 0 spiro atoms. The van der Waals surface area contributed by atoms with Gasteiger partial charge >= 0.3 is 0 Å². The van der Waals surface area contributed by atoms with Crippen molar-refractivity contribution in [3.63, 3.8) is 0 Å². The number of pyridine rings is 1. The molecule has 0 aliphatic carbocycles. The summed E-state index contributed by atoms with van der Waals surface area (Å²) in [7, 11) is 1.61. The monoisotopic (exact) mass is 262 g/mol. The zero-order valence-corrected chi connectivity index (χ0v) is 11.1. The van der Waals surface area contributed by atoms with Gasteiger partial charge in [-0.05, 0) is 12.3 Å². The van der Waals surface area contributed by atoms with Crippen LogP contribution in [0.25, 0.3) is 0 Å². The van der Waals surface area contributed by atoms with Gasteiger partial charge in [-0.15, -0.1) is 11.8 Å². The van der Waals surface area contributed by atoms with Crippen LogP contribution < -0.4 is 10.1 Å². The van der Waals surface area contributed by atoms with Gasteiger partial charge in [0.25, 0.3) is 0 Å². The molecule has 6 heteroatoms. The molecule has 0 saturated carbocycles. The Balaban J connectivity index is 2.06. The molecule has 2 rings (SSSR count). The summed E-state index contributed by atoms with van der Waals surface area (Å²) < 4.78 is 5.19. The second-order valence-electron chi connectivity index (χ2n) is 3.47. The highest BCUT2D eigenvalue weighted by Gasteiger charge is 2.03. The summed E-state index contributed by atoms with van der Waals surface area (Å²) in [6.07, 6.45) is 5.24. The first-order valence-corrected chi connectivity index (χ1v) is 6.63. The smallest absolute Gasteiger partial charge is 0.218 e. The first kappa shape index (κ1) is 12.6. The van der Waals surface area contributed by atoms with Gasteiger partial charge in [-0.2, -0.15) is 0 Å². The number of anilines is 1. The van der Waals surface area contributed by atoms with Crippen molar-refractivity contribution in [2.45, 2.75) is 11.6 Å². The zero-order chi connectivity index (χ0) is 12.8. The molecule has 0 aliphatic rings. The Bertz CT molecular complexity index is 521. The molecule has 2 aromatic rings. The predicted molar refractivity (Wildman–Crippen MR) is 71.9 cm³/mol. The molecule has 0 unspecified atom stereocenters. The molecule has 94 valence electrons. The van der Waals surface area contributed by atoms with E-state index in [2.05, 4.69) is 20.3 Å². The van der Waals surface area contributed by atoms with E-state index in [-0.39, 0.29) is 0 Å². The molecule has 0 amide bonds. The summed E-state index contributed by atoms with van der Waals surface area (Å²) in [4.78, 5) is 12.4. The minimum absolute atomic E-state index is 0.613. The quantitative estimate of drug-likeness (QED) is 0.658. The number of nitrogens with zero attached hydrogens (tertiary/aromatic N) is 3. The first-order chi connectivity index (χ1) is 8.83. The number of aromatic nitrogens is 3. The third kappa shape index (κ3) is 3.10. The van der Waals surface area contributed by atoms with Crippen molar-refractivity contribution in [2.75, 3.05) is 18.7 Å². The van der Waals surface area contributed by atoms with Crippen molar-refractivity contribution < 1.29 is 4.74 Å². The maximum atomic E-state index is 5.19. The molecule has 0 aliphatic heterocycles. The van der Waals surface area contributed by atoms with Crippen LogP contribution in [0.1, 0.15) is 5.56 Å². The minimum Gasteiger partial charge on any atom is -0.481 e. The number of rotatable bonds is 5. The number of nitrogens with one attached hydrogen (secondary N) is 1. The summed E-state index contributed by atoms with van der Waals surface area (Å²) in [5.74, 6) is 1.42. The Morgan fingerprint density at radius 3 is 3.00 bits per heavy atom. The predicted octanol–water partition coefficient (Wildman–Crippen LogP) is 2.21. The minimum atomic E-state index is 0.613. The second-order valence-corrected chi connectivity index (χ2v) is 4.30. The lowest BCUT2D eigenvalue weighted by Gasteiger charge is -2.09. The van der Waals surface area contributed by atoms with Gasteiger partial charge in [-0.25, -0.2) is 15.0 Å². The lowest BCUT2D eigenvalue weighted by atomic mass is 10.2. The molecule has 0 bridgehead atoms. The zero-order valence-electron chi connectivity index (χ0n) is 10.3. The maximum Gasteiger partial charge on any atom is 0.218 e. The van der Waals surface area contributed by atoms with E-state index < -0.39 is 0 Å². The second kappa shape index (κ2) is 6.20. The van der Waals surface area contributed by atoms with Gasteiger partial charge in [-0.1, -0.05) is 6.07 Å². The molecule has 0 fully saturated rings. The van der Waals surface area contributed by atoms with E-state index in [1.54, 1.807) is 31.4 Å². The van der Waals surface area contributed by atoms with E-state index in [4.69, 9.17) is 4.74 Å². The van der Waals surface area contributed by atoms with Crippen LogP contribution in [0.2, 0.25) is 0 Å². The Hall–Kier alpha value is -1.82. The van der Waals surface area contributed by atoms with E-state index in [9.17, 15) is 0 Å². The van der Waals surface area contributed by atoms with Crippen LogP contribution in [0.4, 0.5) is 5.82 Å². The summed E-state index contributed by atoms with van der Waals surface area (Å²) in [6.45, 7) is 0.613. The average molecular weight is 262 g/mol. The first-order valence-electron chi connectivity index (χ1n) is 5.41. The Morgan fingerprint density at radius 1 is 1.33 bits per heavy atom. The molecule has 5 nitrogen and oxygen atoms in total. The molecule has 1 N–H and O–H groups in total. The van der Waals surface area contributed by atoms with Gasteiger partial charge in [0.1, 0.15) is 17.2 Å². The third-order valence-electron chi connectivity index (χ3n) is 2.35. The highest BCUT2D eigenvalue weighted by molar-refractivity contribution is 7.98. The van der Waals surface area contributed by atoms with Crippen molar-refractivity contribution in [3.05, 3.63) is 36.3 Å². The topological polar surface area (TPSA) is 59.9 Å². The van der Waals surface area contributed by atoms with E-state index in [0.717, 1.165) is 16.4 Å². The molecule has 2 aromatic heterocycles. The lowest BCUT2D eigenvalue weighted by molar-refractivity contribution is 0.393.